The van der Waals surface area contributed by atoms with Crippen molar-refractivity contribution in [3.63, 3.8) is 0 Å². The molecule has 0 atom stereocenters. The highest BCUT2D eigenvalue weighted by atomic mass is 32.2. The van der Waals surface area contributed by atoms with Crippen LogP contribution in [0.4, 0.5) is 10.2 Å². The van der Waals surface area contributed by atoms with Gasteiger partial charge in [-0.15, -0.1) is 11.3 Å². The van der Waals surface area contributed by atoms with E-state index >= 15 is 4.39 Å². The number of likely N-dealkylation sites (tertiary alicyclic amines) is 1. The van der Waals surface area contributed by atoms with Crippen molar-refractivity contribution in [1.29, 1.82) is 0 Å². The van der Waals surface area contributed by atoms with E-state index in [-0.39, 0.29) is 11.2 Å². The zero-order chi connectivity index (χ0) is 26.8. The summed E-state index contributed by atoms with van der Waals surface area (Å²) in [5.41, 5.74) is 2.33. The molecule has 3 fully saturated rings. The average Bonchev–Trinajstić information content (AvgIpc) is 3.54. The second-order valence-corrected chi connectivity index (χ2v) is 14.2. The number of benzene rings is 1. The number of ether oxygens (including phenoxy) is 1. The lowest BCUT2D eigenvalue weighted by molar-refractivity contribution is -0.0387. The first-order valence-corrected chi connectivity index (χ1v) is 16.0. The van der Waals surface area contributed by atoms with Gasteiger partial charge in [0.1, 0.15) is 5.82 Å². The smallest absolute Gasteiger partial charge is 0.211 e. The van der Waals surface area contributed by atoms with Crippen molar-refractivity contribution in [2.24, 2.45) is 5.41 Å². The molecule has 3 saturated heterocycles. The number of H-pyrrole nitrogens is 1. The number of sulfonamides is 1. The summed E-state index contributed by atoms with van der Waals surface area (Å²) < 4.78 is 47.2. The molecule has 4 aromatic rings. The molecule has 0 aliphatic carbocycles. The van der Waals surface area contributed by atoms with Gasteiger partial charge in [0.15, 0.2) is 11.6 Å². The maximum absolute atomic E-state index is 15.2. The number of nitrogens with one attached hydrogen (secondary N) is 1. The number of piperidine rings is 1. The Bertz CT molecular complexity index is 1650. The van der Waals surface area contributed by atoms with Crippen LogP contribution in [0.2, 0.25) is 0 Å². The van der Waals surface area contributed by atoms with Gasteiger partial charge >= 0.3 is 0 Å². The summed E-state index contributed by atoms with van der Waals surface area (Å²) in [7, 11) is -3.11. The molecule has 6 heterocycles. The van der Waals surface area contributed by atoms with Crippen molar-refractivity contribution in [3.8, 4) is 11.4 Å². The first-order chi connectivity index (χ1) is 18.8. The molecule has 3 aromatic heterocycles. The van der Waals surface area contributed by atoms with Gasteiger partial charge in [-0.2, -0.15) is 0 Å². The molecule has 39 heavy (non-hydrogen) atoms. The number of morpholine rings is 1. The zero-order valence-corrected chi connectivity index (χ0v) is 23.5. The van der Waals surface area contributed by atoms with Crippen LogP contribution in [0.25, 0.3) is 32.5 Å². The molecule has 0 radical (unpaired) electrons. The quantitative estimate of drug-likeness (QED) is 0.391. The molecular weight excluding hydrogens is 539 g/mol. The minimum absolute atomic E-state index is 0.219. The number of nitrogens with zero attached hydrogens (tertiary/aromatic N) is 5. The van der Waals surface area contributed by atoms with Gasteiger partial charge in [0.05, 0.1) is 35.2 Å². The largest absolute Gasteiger partial charge is 0.378 e. The van der Waals surface area contributed by atoms with Crippen molar-refractivity contribution in [1.82, 2.24) is 24.2 Å². The summed E-state index contributed by atoms with van der Waals surface area (Å²) >= 11 is 1.71. The molecule has 0 amide bonds. The van der Waals surface area contributed by atoms with Crippen molar-refractivity contribution in [3.05, 3.63) is 41.2 Å². The molecule has 9 nitrogen and oxygen atoms in total. The van der Waals surface area contributed by atoms with Gasteiger partial charge in [0.25, 0.3) is 0 Å². The van der Waals surface area contributed by atoms with Crippen LogP contribution in [0.1, 0.15) is 17.7 Å². The normalized spacial score (nSPS) is 20.7. The third kappa shape index (κ3) is 4.61. The van der Waals surface area contributed by atoms with Crippen molar-refractivity contribution in [2.45, 2.75) is 19.4 Å². The number of hydrogen-bond donors (Lipinski definition) is 1. The summed E-state index contributed by atoms with van der Waals surface area (Å²) in [5, 5.41) is 0.769. The van der Waals surface area contributed by atoms with Crippen LogP contribution in [0.15, 0.2) is 30.5 Å². The Hall–Kier alpha value is -2.64. The highest BCUT2D eigenvalue weighted by molar-refractivity contribution is 7.88. The monoisotopic (exact) mass is 570 g/mol. The van der Waals surface area contributed by atoms with Gasteiger partial charge in [-0.05, 0) is 42.5 Å². The maximum Gasteiger partial charge on any atom is 0.211 e. The summed E-state index contributed by atoms with van der Waals surface area (Å²) in [6.45, 7) is 6.73. The Morgan fingerprint density at radius 1 is 1.10 bits per heavy atom. The van der Waals surface area contributed by atoms with Crippen LogP contribution in [0.5, 0.6) is 0 Å². The fraction of sp³-hybridized carbons (Fsp3) is 0.481. The van der Waals surface area contributed by atoms with E-state index in [4.69, 9.17) is 14.7 Å². The molecule has 1 aromatic carbocycles. The van der Waals surface area contributed by atoms with E-state index in [1.165, 1.54) is 17.2 Å². The molecule has 12 heteroatoms. The molecule has 7 rings (SSSR count). The molecule has 3 aliphatic heterocycles. The fourth-order valence-electron chi connectivity index (χ4n) is 6.32. The van der Waals surface area contributed by atoms with E-state index in [0.717, 1.165) is 72.5 Å². The SMILES string of the molecule is CS(=O)(=O)N1CCC2(CC1)CN(Cc1cc3nc(-c4c(F)ccc5[nH]ccc45)nc(N4CCOCC4)c3s1)C2. The molecule has 0 unspecified atom stereocenters. The Morgan fingerprint density at radius 2 is 1.87 bits per heavy atom. The second-order valence-electron chi connectivity index (χ2n) is 11.1. The molecule has 0 bridgehead atoms. The minimum atomic E-state index is -3.11. The first kappa shape index (κ1) is 25.3. The highest BCUT2D eigenvalue weighted by Gasteiger charge is 2.45. The van der Waals surface area contributed by atoms with Gasteiger partial charge in [-0.3, -0.25) is 4.90 Å². The van der Waals surface area contributed by atoms with E-state index < -0.39 is 10.0 Å². The van der Waals surface area contributed by atoms with Crippen molar-refractivity contribution in [2.75, 3.05) is 63.6 Å². The zero-order valence-electron chi connectivity index (χ0n) is 21.8. The van der Waals surface area contributed by atoms with Crippen LogP contribution < -0.4 is 4.90 Å². The molecule has 0 saturated carbocycles. The number of rotatable bonds is 5. The van der Waals surface area contributed by atoms with E-state index in [1.807, 2.05) is 12.3 Å². The third-order valence-electron chi connectivity index (χ3n) is 8.37. The lowest BCUT2D eigenvalue weighted by Gasteiger charge is -2.53. The Morgan fingerprint density at radius 3 is 2.62 bits per heavy atom. The predicted molar refractivity (Wildman–Crippen MR) is 151 cm³/mol. The van der Waals surface area contributed by atoms with E-state index in [1.54, 1.807) is 21.7 Å². The number of anilines is 1. The summed E-state index contributed by atoms with van der Waals surface area (Å²) in [6, 6.07) is 7.20. The minimum Gasteiger partial charge on any atom is -0.378 e. The van der Waals surface area contributed by atoms with E-state index in [2.05, 4.69) is 20.9 Å². The standard InChI is InChI=1S/C27H31FN6O3S2/c1-39(35,36)34-8-5-27(6-9-34)16-32(17-27)15-18-14-22-24(38-18)26(33-10-12-37-13-11-33)31-25(30-22)23-19-4-7-29-21(19)3-2-20(23)28/h2-4,7,14,29H,5-6,8-13,15-17H2,1H3. The number of thiophene rings is 1. The van der Waals surface area contributed by atoms with Crippen LogP contribution >= 0.6 is 11.3 Å². The number of aromatic amines is 1. The number of fused-ring (bicyclic) bond motifs is 2. The van der Waals surface area contributed by atoms with Gasteiger partial charge in [-0.1, -0.05) is 0 Å². The van der Waals surface area contributed by atoms with Crippen LogP contribution in [0.3, 0.4) is 0 Å². The number of halogens is 1. The lowest BCUT2D eigenvalue weighted by atomic mass is 9.72. The Balaban J connectivity index is 1.18. The Labute approximate surface area is 230 Å². The van der Waals surface area contributed by atoms with Gasteiger partial charge < -0.3 is 14.6 Å². The number of hydrogen-bond acceptors (Lipinski definition) is 8. The fourth-order valence-corrected chi connectivity index (χ4v) is 8.32. The van der Waals surface area contributed by atoms with Gasteiger partial charge in [0, 0.05) is 67.8 Å². The van der Waals surface area contributed by atoms with Crippen LogP contribution in [0, 0.1) is 11.2 Å². The number of aromatic nitrogens is 3. The molecule has 206 valence electrons. The average molecular weight is 571 g/mol. The van der Waals surface area contributed by atoms with Crippen LogP contribution in [-0.4, -0.2) is 91.3 Å². The summed E-state index contributed by atoms with van der Waals surface area (Å²) in [4.78, 5) is 18.9. The third-order valence-corrected chi connectivity index (χ3v) is 10.8. The summed E-state index contributed by atoms with van der Waals surface area (Å²) in [5.74, 6) is 0.906. The van der Waals surface area contributed by atoms with Gasteiger partial charge in [-0.25, -0.2) is 27.1 Å². The van der Waals surface area contributed by atoms with E-state index in [0.29, 0.717) is 37.7 Å². The Kier molecular flexibility index (Phi) is 6.16. The van der Waals surface area contributed by atoms with E-state index in [9.17, 15) is 8.42 Å². The topological polar surface area (TPSA) is 94.7 Å². The van der Waals surface area contributed by atoms with Crippen LogP contribution in [-0.2, 0) is 21.3 Å². The second kappa shape index (κ2) is 9.48. The van der Waals surface area contributed by atoms with Crippen molar-refractivity contribution >= 4 is 48.3 Å². The predicted octanol–water partition coefficient (Wildman–Crippen LogP) is 3.67. The molecule has 1 spiro atoms. The maximum atomic E-state index is 15.2. The highest BCUT2D eigenvalue weighted by Crippen LogP contribution is 2.43. The lowest BCUT2D eigenvalue weighted by Crippen LogP contribution is -2.60. The summed E-state index contributed by atoms with van der Waals surface area (Å²) in [6.07, 6.45) is 4.93. The first-order valence-electron chi connectivity index (χ1n) is 13.3. The van der Waals surface area contributed by atoms with Gasteiger partial charge in [0.2, 0.25) is 10.0 Å². The molecule has 3 aliphatic rings. The molecular formula is C27H31FN6O3S2. The van der Waals surface area contributed by atoms with Crippen molar-refractivity contribution < 1.29 is 17.5 Å². The molecule has 1 N–H and O–H groups in total.